The van der Waals surface area contributed by atoms with Crippen molar-refractivity contribution in [2.24, 2.45) is 11.7 Å². The number of thiophene rings is 1. The molecule has 0 unspecified atom stereocenters. The van der Waals surface area contributed by atoms with Gasteiger partial charge in [0.05, 0.1) is 5.56 Å². The van der Waals surface area contributed by atoms with Gasteiger partial charge in [0.1, 0.15) is 16.6 Å². The van der Waals surface area contributed by atoms with Gasteiger partial charge in [-0.15, -0.1) is 11.3 Å². The Balaban J connectivity index is 1.67. The number of esters is 1. The quantitative estimate of drug-likeness (QED) is 0.348. The van der Waals surface area contributed by atoms with Crippen LogP contribution in [0.5, 0.6) is 0 Å². The lowest BCUT2D eigenvalue weighted by Gasteiger charge is -2.12. The molecule has 3 N–H and O–H groups in total. The average molecular weight is 469 g/mol. The number of carbonyl (C=O) groups is 3. The smallest absolute Gasteiger partial charge is 0.349 e. The first-order chi connectivity index (χ1) is 15.6. The van der Waals surface area contributed by atoms with Crippen molar-refractivity contribution in [2.45, 2.75) is 53.5 Å². The van der Waals surface area contributed by atoms with Crippen molar-refractivity contribution in [3.05, 3.63) is 44.6 Å². The number of amides is 2. The molecule has 174 valence electrons. The van der Waals surface area contributed by atoms with Crippen molar-refractivity contribution < 1.29 is 19.1 Å². The Labute approximate surface area is 197 Å². The first kappa shape index (κ1) is 24.3. The molecule has 9 heteroatoms. The zero-order valence-corrected chi connectivity index (χ0v) is 20.1. The van der Waals surface area contributed by atoms with Gasteiger partial charge in [-0.1, -0.05) is 13.8 Å². The van der Waals surface area contributed by atoms with Crippen LogP contribution in [-0.2, 0) is 33.7 Å². The van der Waals surface area contributed by atoms with Crippen LogP contribution in [0.1, 0.15) is 58.0 Å². The van der Waals surface area contributed by atoms with E-state index in [1.54, 1.807) is 0 Å². The number of anilines is 1. The van der Waals surface area contributed by atoms with E-state index in [9.17, 15) is 19.6 Å². The molecule has 1 aliphatic carbocycles. The number of hydrogen-bond donors (Lipinski definition) is 2. The maximum atomic E-state index is 12.4. The molecule has 0 fully saturated rings. The van der Waals surface area contributed by atoms with E-state index in [-0.39, 0.29) is 5.57 Å². The first-order valence-corrected chi connectivity index (χ1v) is 11.6. The van der Waals surface area contributed by atoms with Crippen LogP contribution in [-0.4, -0.2) is 29.0 Å². The zero-order valence-electron chi connectivity index (χ0n) is 19.3. The van der Waals surface area contributed by atoms with Gasteiger partial charge in [0, 0.05) is 22.8 Å². The third-order valence-electron chi connectivity index (χ3n) is 5.56. The van der Waals surface area contributed by atoms with E-state index in [1.165, 1.54) is 17.4 Å². The fourth-order valence-electron chi connectivity index (χ4n) is 4.04. The maximum absolute atomic E-state index is 12.4. The first-order valence-electron chi connectivity index (χ1n) is 10.8. The molecule has 0 aliphatic heterocycles. The van der Waals surface area contributed by atoms with Gasteiger partial charge in [-0.2, -0.15) is 5.26 Å². The molecule has 3 rings (SSSR count). The van der Waals surface area contributed by atoms with Gasteiger partial charge in [0.25, 0.3) is 11.8 Å². The highest BCUT2D eigenvalue weighted by molar-refractivity contribution is 7.17. The number of rotatable bonds is 8. The van der Waals surface area contributed by atoms with Gasteiger partial charge < -0.3 is 20.4 Å². The molecule has 2 aromatic rings. The summed E-state index contributed by atoms with van der Waals surface area (Å²) in [5.74, 6) is -1.63. The Kier molecular flexibility index (Phi) is 7.39. The molecular weight excluding hydrogens is 440 g/mol. The lowest BCUT2D eigenvalue weighted by Crippen LogP contribution is -2.23. The van der Waals surface area contributed by atoms with Crippen molar-refractivity contribution in [3.8, 4) is 6.07 Å². The van der Waals surface area contributed by atoms with Crippen LogP contribution in [0.25, 0.3) is 6.08 Å². The van der Waals surface area contributed by atoms with Crippen LogP contribution in [0.2, 0.25) is 0 Å². The van der Waals surface area contributed by atoms with E-state index in [0.29, 0.717) is 16.5 Å². The Bertz CT molecular complexity index is 1180. The Morgan fingerprint density at radius 2 is 2.06 bits per heavy atom. The molecule has 8 nitrogen and oxygen atoms in total. The molecule has 0 saturated heterocycles. The number of carbonyl (C=O) groups excluding carboxylic acids is 3. The summed E-state index contributed by atoms with van der Waals surface area (Å²) in [6, 6.07) is 3.77. The Hall–Kier alpha value is -3.38. The number of nitrogens with two attached hydrogens (primary N) is 1. The number of primary amides is 1. The summed E-state index contributed by atoms with van der Waals surface area (Å²) in [4.78, 5) is 37.7. The lowest BCUT2D eigenvalue weighted by atomic mass is 10.1. The summed E-state index contributed by atoms with van der Waals surface area (Å²) >= 11 is 1.32. The molecule has 0 radical (unpaired) electrons. The second-order valence-electron chi connectivity index (χ2n) is 8.55. The summed E-state index contributed by atoms with van der Waals surface area (Å²) < 4.78 is 7.20. The van der Waals surface area contributed by atoms with E-state index in [0.717, 1.165) is 53.2 Å². The molecule has 33 heavy (non-hydrogen) atoms. The average Bonchev–Trinajstić information content (AvgIpc) is 3.39. The number of ether oxygens (including phenoxy) is 1. The van der Waals surface area contributed by atoms with Gasteiger partial charge in [0.2, 0.25) is 0 Å². The highest BCUT2D eigenvalue weighted by Gasteiger charge is 2.26. The van der Waals surface area contributed by atoms with Crippen molar-refractivity contribution in [1.82, 2.24) is 4.57 Å². The number of aryl methyl sites for hydroxylation is 2. The van der Waals surface area contributed by atoms with Crippen LogP contribution in [0.3, 0.4) is 0 Å². The number of fused-ring (bicyclic) bond motifs is 1. The van der Waals surface area contributed by atoms with Gasteiger partial charge >= 0.3 is 5.97 Å². The predicted molar refractivity (Wildman–Crippen MR) is 127 cm³/mol. The topological polar surface area (TPSA) is 127 Å². The third-order valence-corrected chi connectivity index (χ3v) is 6.76. The third kappa shape index (κ3) is 5.34. The number of nitriles is 1. The van der Waals surface area contributed by atoms with E-state index in [4.69, 9.17) is 10.5 Å². The van der Waals surface area contributed by atoms with Gasteiger partial charge in [0.15, 0.2) is 6.61 Å². The summed E-state index contributed by atoms with van der Waals surface area (Å²) in [6.45, 7) is 8.40. The number of hydrogen-bond acceptors (Lipinski definition) is 6. The highest BCUT2D eigenvalue weighted by atomic mass is 32.1. The number of nitrogens with zero attached hydrogens (tertiary/aromatic N) is 2. The maximum Gasteiger partial charge on any atom is 0.349 e. The summed E-state index contributed by atoms with van der Waals surface area (Å²) in [7, 11) is 0. The van der Waals surface area contributed by atoms with Crippen LogP contribution in [0.15, 0.2) is 11.6 Å². The minimum Gasteiger partial charge on any atom is -0.451 e. The van der Waals surface area contributed by atoms with Crippen LogP contribution >= 0.6 is 11.3 Å². The van der Waals surface area contributed by atoms with Crippen LogP contribution < -0.4 is 11.1 Å². The van der Waals surface area contributed by atoms with Gasteiger partial charge in [-0.25, -0.2) is 4.79 Å². The molecule has 2 heterocycles. The largest absolute Gasteiger partial charge is 0.451 e. The van der Waals surface area contributed by atoms with Gasteiger partial charge in [-0.05, 0) is 62.3 Å². The summed E-state index contributed by atoms with van der Waals surface area (Å²) in [5.41, 5.74) is 9.27. The number of nitrogens with one attached hydrogen (secondary N) is 1. The van der Waals surface area contributed by atoms with Crippen LogP contribution in [0.4, 0.5) is 5.00 Å². The molecule has 0 atom stereocenters. The molecule has 2 amide bonds. The Morgan fingerprint density at radius 1 is 1.33 bits per heavy atom. The second kappa shape index (κ2) is 10.0. The fraction of sp³-hybridized carbons (Fsp3) is 0.417. The summed E-state index contributed by atoms with van der Waals surface area (Å²) in [6.07, 6.45) is 4.03. The molecule has 0 spiro atoms. The molecule has 0 bridgehead atoms. The SMILES string of the molecule is Cc1cc(/C=C(\C#N)C(=O)OCC(=O)Nc2sc3c(c2C(N)=O)CCC3)c(C)n1CC(C)C. The monoisotopic (exact) mass is 468 g/mol. The summed E-state index contributed by atoms with van der Waals surface area (Å²) in [5, 5.41) is 12.5. The molecular formula is C24H28N4O4S. The Morgan fingerprint density at radius 3 is 2.70 bits per heavy atom. The van der Waals surface area contributed by atoms with Crippen molar-refractivity contribution in [3.63, 3.8) is 0 Å². The predicted octanol–water partition coefficient (Wildman–Crippen LogP) is 3.50. The van der Waals surface area contributed by atoms with Crippen LogP contribution in [0, 0.1) is 31.1 Å². The standard InChI is InChI=1S/C24H28N4O4S/c1-13(2)11-28-14(3)8-16(15(28)4)9-17(10-25)24(31)32-12-20(29)27-23-21(22(26)30)18-6-5-7-19(18)33-23/h8-9,13H,5-7,11-12H2,1-4H3,(H2,26,30)(H,27,29)/b17-9+. The molecule has 0 aromatic carbocycles. The zero-order chi connectivity index (χ0) is 24.3. The van der Waals surface area contributed by atoms with Crippen molar-refractivity contribution >= 4 is 40.2 Å². The second-order valence-corrected chi connectivity index (χ2v) is 9.66. The molecule has 2 aromatic heterocycles. The van der Waals surface area contributed by atoms with E-state index in [1.807, 2.05) is 26.0 Å². The van der Waals surface area contributed by atoms with E-state index in [2.05, 4.69) is 23.7 Å². The van der Waals surface area contributed by atoms with E-state index < -0.39 is 24.4 Å². The highest BCUT2D eigenvalue weighted by Crippen LogP contribution is 2.38. The number of aromatic nitrogens is 1. The molecule has 1 aliphatic rings. The van der Waals surface area contributed by atoms with Crippen molar-refractivity contribution in [1.29, 1.82) is 5.26 Å². The minimum absolute atomic E-state index is 0.194. The van der Waals surface area contributed by atoms with Gasteiger partial charge in [-0.3, -0.25) is 9.59 Å². The minimum atomic E-state index is -0.884. The normalized spacial score (nSPS) is 13.0. The van der Waals surface area contributed by atoms with E-state index >= 15 is 0 Å². The fourth-order valence-corrected chi connectivity index (χ4v) is 5.35. The lowest BCUT2D eigenvalue weighted by molar-refractivity contribution is -0.142. The molecule has 0 saturated carbocycles. The van der Waals surface area contributed by atoms with Crippen molar-refractivity contribution in [2.75, 3.05) is 11.9 Å².